The van der Waals surface area contributed by atoms with Crippen molar-refractivity contribution in [2.24, 2.45) is 0 Å². The van der Waals surface area contributed by atoms with Crippen LogP contribution in [0.2, 0.25) is 0 Å². The molecule has 0 nitrogen and oxygen atoms in total. The van der Waals surface area contributed by atoms with Gasteiger partial charge in [0.2, 0.25) is 0 Å². The van der Waals surface area contributed by atoms with Crippen molar-refractivity contribution in [3.63, 3.8) is 0 Å². The van der Waals surface area contributed by atoms with Gasteiger partial charge >= 0.3 is 0 Å². The van der Waals surface area contributed by atoms with E-state index in [9.17, 15) is 0 Å². The van der Waals surface area contributed by atoms with E-state index in [4.69, 9.17) is 0 Å². The first-order valence-corrected chi connectivity index (χ1v) is 4.01. The van der Waals surface area contributed by atoms with Crippen molar-refractivity contribution in [1.29, 1.82) is 0 Å². The molecule has 0 spiro atoms. The molecule has 1 rings (SSSR count). The summed E-state index contributed by atoms with van der Waals surface area (Å²) in [5.74, 6) is 0. The highest BCUT2D eigenvalue weighted by Crippen LogP contribution is 2.03. The maximum absolute atomic E-state index is 2.32. The molecular formula is C7H8BI. The van der Waals surface area contributed by atoms with Crippen LogP contribution in [0.5, 0.6) is 0 Å². The van der Waals surface area contributed by atoms with Crippen LogP contribution in [0.25, 0.3) is 0 Å². The van der Waals surface area contributed by atoms with E-state index < -0.39 is 0 Å². The summed E-state index contributed by atoms with van der Waals surface area (Å²) in [5, 5.41) is 0. The van der Waals surface area contributed by atoms with Gasteiger partial charge in [-0.25, -0.2) is 0 Å². The maximum atomic E-state index is 2.32. The normalized spacial score (nSPS) is 9.56. The zero-order valence-corrected chi connectivity index (χ0v) is 7.77. The molecule has 0 heterocycles. The third-order valence-corrected chi connectivity index (χ3v) is 2.14. The van der Waals surface area contributed by atoms with Crippen molar-refractivity contribution in [3.8, 4) is 0 Å². The van der Waals surface area contributed by atoms with Gasteiger partial charge in [0.15, 0.2) is 0 Å². The highest BCUT2D eigenvalue weighted by Gasteiger charge is 1.90. The average molecular weight is 230 g/mol. The fourth-order valence-electron chi connectivity index (χ4n) is 0.705. The zero-order chi connectivity index (χ0) is 6.85. The predicted octanol–water partition coefficient (Wildman–Crippen LogP) is 0.858. The van der Waals surface area contributed by atoms with Gasteiger partial charge in [-0.2, -0.15) is 0 Å². The molecule has 0 aliphatic heterocycles. The summed E-state index contributed by atoms with van der Waals surface area (Å²) in [7, 11) is 2.13. The molecule has 0 atom stereocenters. The lowest BCUT2D eigenvalue weighted by Crippen LogP contribution is -2.05. The first-order chi connectivity index (χ1) is 4.20. The molecule has 1 aromatic rings. The third kappa shape index (κ3) is 1.71. The number of hydrogen-bond acceptors (Lipinski definition) is 0. The second-order valence-electron chi connectivity index (χ2n) is 2.23. The number of benzene rings is 1. The predicted molar refractivity (Wildman–Crippen MR) is 52.1 cm³/mol. The van der Waals surface area contributed by atoms with Crippen molar-refractivity contribution in [3.05, 3.63) is 27.3 Å². The van der Waals surface area contributed by atoms with Crippen molar-refractivity contribution >= 4 is 35.9 Å². The minimum absolute atomic E-state index is 1.32. The summed E-state index contributed by atoms with van der Waals surface area (Å²) < 4.78 is 1.32. The Morgan fingerprint density at radius 2 is 2.11 bits per heavy atom. The van der Waals surface area contributed by atoms with Crippen molar-refractivity contribution in [1.82, 2.24) is 0 Å². The van der Waals surface area contributed by atoms with Crippen LogP contribution in [0, 0.1) is 10.5 Å². The van der Waals surface area contributed by atoms with Gasteiger partial charge in [0.1, 0.15) is 7.85 Å². The number of halogens is 1. The number of aryl methyl sites for hydroxylation is 1. The van der Waals surface area contributed by atoms with E-state index >= 15 is 0 Å². The SMILES string of the molecule is Bc1ccc(I)cc1C. The van der Waals surface area contributed by atoms with Crippen LogP contribution in [-0.4, -0.2) is 7.85 Å². The molecular weight excluding hydrogens is 222 g/mol. The lowest BCUT2D eigenvalue weighted by atomic mass is 9.92. The molecule has 1 aromatic carbocycles. The van der Waals surface area contributed by atoms with E-state index in [2.05, 4.69) is 55.6 Å². The molecule has 0 unspecified atom stereocenters. The quantitative estimate of drug-likeness (QED) is 0.458. The van der Waals surface area contributed by atoms with Gasteiger partial charge in [-0.3, -0.25) is 0 Å². The van der Waals surface area contributed by atoms with Gasteiger partial charge in [-0.1, -0.05) is 17.1 Å². The van der Waals surface area contributed by atoms with Crippen LogP contribution >= 0.6 is 22.6 Å². The molecule has 46 valence electrons. The van der Waals surface area contributed by atoms with Crippen molar-refractivity contribution in [2.45, 2.75) is 6.92 Å². The third-order valence-electron chi connectivity index (χ3n) is 1.47. The molecule has 0 aromatic heterocycles. The smallest absolute Gasteiger partial charge is 0.0860 e. The van der Waals surface area contributed by atoms with E-state index in [-0.39, 0.29) is 0 Å². The summed E-state index contributed by atoms with van der Waals surface area (Å²) in [6, 6.07) is 6.47. The number of hydrogen-bond donors (Lipinski definition) is 0. The molecule has 0 saturated heterocycles. The Morgan fingerprint density at radius 1 is 1.44 bits per heavy atom. The van der Waals surface area contributed by atoms with Crippen LogP contribution in [0.1, 0.15) is 5.56 Å². The molecule has 0 bridgehead atoms. The van der Waals surface area contributed by atoms with Crippen LogP contribution in [0.3, 0.4) is 0 Å². The molecule has 0 radical (unpaired) electrons. The Kier molecular flexibility index (Phi) is 2.16. The summed E-state index contributed by atoms with van der Waals surface area (Å²) in [4.78, 5) is 0. The molecule has 0 aliphatic carbocycles. The second-order valence-corrected chi connectivity index (χ2v) is 3.47. The molecule has 0 amide bonds. The fraction of sp³-hybridized carbons (Fsp3) is 0.143. The van der Waals surface area contributed by atoms with Crippen LogP contribution in [0.15, 0.2) is 18.2 Å². The van der Waals surface area contributed by atoms with Gasteiger partial charge in [0, 0.05) is 3.57 Å². The minimum atomic E-state index is 1.32. The summed E-state index contributed by atoms with van der Waals surface area (Å²) >= 11 is 2.32. The average Bonchev–Trinajstić information content (AvgIpc) is 1.80. The largest absolute Gasteiger partial charge is 0.139 e. The Bertz CT molecular complexity index is 220. The molecule has 9 heavy (non-hydrogen) atoms. The lowest BCUT2D eigenvalue weighted by molar-refractivity contribution is 1.49. The zero-order valence-electron chi connectivity index (χ0n) is 5.61. The maximum Gasteiger partial charge on any atom is 0.139 e. The van der Waals surface area contributed by atoms with Crippen molar-refractivity contribution < 1.29 is 0 Å². The highest BCUT2D eigenvalue weighted by molar-refractivity contribution is 14.1. The van der Waals surface area contributed by atoms with E-state index in [1.54, 1.807) is 0 Å². The van der Waals surface area contributed by atoms with Gasteiger partial charge in [0.05, 0.1) is 0 Å². The summed E-state index contributed by atoms with van der Waals surface area (Å²) in [5.41, 5.74) is 2.75. The molecule has 0 fully saturated rings. The van der Waals surface area contributed by atoms with Gasteiger partial charge in [-0.05, 0) is 41.6 Å². The van der Waals surface area contributed by atoms with E-state index in [1.165, 1.54) is 14.6 Å². The minimum Gasteiger partial charge on any atom is -0.0860 e. The Labute approximate surface area is 70.2 Å². The van der Waals surface area contributed by atoms with Gasteiger partial charge in [0.25, 0.3) is 0 Å². The first kappa shape index (κ1) is 7.13. The summed E-state index contributed by atoms with van der Waals surface area (Å²) in [6.45, 7) is 2.14. The van der Waals surface area contributed by atoms with Crippen LogP contribution in [0.4, 0.5) is 0 Å². The molecule has 2 heteroatoms. The fourth-order valence-corrected chi connectivity index (χ4v) is 1.35. The van der Waals surface area contributed by atoms with E-state index in [0.717, 1.165) is 0 Å². The Hall–Kier alpha value is 0.0149. The van der Waals surface area contributed by atoms with Crippen LogP contribution < -0.4 is 5.46 Å². The standard InChI is InChI=1S/C7H8BI/c1-5-4-6(9)2-3-7(5)8/h2-4H,8H2,1H3. The molecule has 0 aliphatic rings. The monoisotopic (exact) mass is 230 g/mol. The Morgan fingerprint density at radius 3 is 2.56 bits per heavy atom. The number of rotatable bonds is 0. The van der Waals surface area contributed by atoms with Crippen molar-refractivity contribution in [2.75, 3.05) is 0 Å². The highest BCUT2D eigenvalue weighted by atomic mass is 127. The first-order valence-electron chi connectivity index (χ1n) is 2.93. The lowest BCUT2D eigenvalue weighted by Gasteiger charge is -1.97. The van der Waals surface area contributed by atoms with Gasteiger partial charge < -0.3 is 0 Å². The van der Waals surface area contributed by atoms with E-state index in [0.29, 0.717) is 0 Å². The molecule has 0 N–H and O–H groups in total. The topological polar surface area (TPSA) is 0 Å². The van der Waals surface area contributed by atoms with E-state index in [1.807, 2.05) is 0 Å². The Balaban J connectivity index is 3.17. The molecule has 0 saturated carbocycles. The second kappa shape index (κ2) is 2.73. The summed E-state index contributed by atoms with van der Waals surface area (Å²) in [6.07, 6.45) is 0. The van der Waals surface area contributed by atoms with Crippen LogP contribution in [-0.2, 0) is 0 Å². The van der Waals surface area contributed by atoms with Gasteiger partial charge in [-0.15, -0.1) is 0 Å².